The standard InChI is InChI=1S/C31H26N2O5/c1-37-26-18-24(12-13-25(26)38-20-22-10-6-3-7-11-22)28-27(29(34)23-14-16-32-17-15-23)30(35)31(36)33(28)19-21-8-4-2-5-9-21/h2-18,28,34H,19-20H2,1H3/b29-27+. The SMILES string of the molecule is COc1cc(C2/C(=C(\O)c3ccncc3)C(=O)C(=O)N2Cc2ccccc2)ccc1OCc1ccccc1. The van der Waals surface area contributed by atoms with E-state index < -0.39 is 17.7 Å². The third-order valence-corrected chi connectivity index (χ3v) is 6.43. The van der Waals surface area contributed by atoms with Gasteiger partial charge in [0.1, 0.15) is 12.4 Å². The predicted octanol–water partition coefficient (Wildman–Crippen LogP) is 5.29. The van der Waals surface area contributed by atoms with Gasteiger partial charge in [0.2, 0.25) is 0 Å². The lowest BCUT2D eigenvalue weighted by Gasteiger charge is -2.26. The van der Waals surface area contributed by atoms with Gasteiger partial charge in [0, 0.05) is 24.5 Å². The number of pyridine rings is 1. The number of carbonyl (C=O) groups is 2. The lowest BCUT2D eigenvalue weighted by Crippen LogP contribution is -2.29. The van der Waals surface area contributed by atoms with Gasteiger partial charge < -0.3 is 19.5 Å². The van der Waals surface area contributed by atoms with E-state index in [1.807, 2.05) is 60.7 Å². The number of aromatic nitrogens is 1. The highest BCUT2D eigenvalue weighted by molar-refractivity contribution is 6.46. The number of methoxy groups -OCH3 is 1. The number of benzene rings is 3. The molecule has 1 N–H and O–H groups in total. The summed E-state index contributed by atoms with van der Waals surface area (Å²) in [6.45, 7) is 0.544. The highest BCUT2D eigenvalue weighted by atomic mass is 16.5. The van der Waals surface area contributed by atoms with Crippen LogP contribution in [0.5, 0.6) is 11.5 Å². The van der Waals surface area contributed by atoms with Crippen LogP contribution >= 0.6 is 0 Å². The summed E-state index contributed by atoms with van der Waals surface area (Å²) in [4.78, 5) is 32.0. The summed E-state index contributed by atoms with van der Waals surface area (Å²) >= 11 is 0. The molecule has 4 aromatic rings. The summed E-state index contributed by atoms with van der Waals surface area (Å²) in [6, 6.07) is 26.8. The Kier molecular flexibility index (Phi) is 7.17. The molecule has 1 amide bonds. The number of hydrogen-bond acceptors (Lipinski definition) is 6. The van der Waals surface area contributed by atoms with Crippen LogP contribution in [0.4, 0.5) is 0 Å². The van der Waals surface area contributed by atoms with Crippen LogP contribution in [0.25, 0.3) is 5.76 Å². The first-order valence-corrected chi connectivity index (χ1v) is 12.1. The van der Waals surface area contributed by atoms with Gasteiger partial charge in [-0.2, -0.15) is 0 Å². The Labute approximate surface area is 220 Å². The Morgan fingerprint density at radius 3 is 2.18 bits per heavy atom. The highest BCUT2D eigenvalue weighted by Gasteiger charge is 2.46. The molecule has 1 unspecified atom stereocenters. The van der Waals surface area contributed by atoms with Gasteiger partial charge in [0.15, 0.2) is 11.5 Å². The van der Waals surface area contributed by atoms with E-state index >= 15 is 0 Å². The summed E-state index contributed by atoms with van der Waals surface area (Å²) < 4.78 is 11.6. The van der Waals surface area contributed by atoms with Crippen molar-refractivity contribution in [1.29, 1.82) is 0 Å². The molecular weight excluding hydrogens is 480 g/mol. The quantitative estimate of drug-likeness (QED) is 0.198. The number of aliphatic hydroxyl groups is 1. The number of ketones is 1. The van der Waals surface area contributed by atoms with Gasteiger partial charge in [0.05, 0.1) is 18.7 Å². The Bertz CT molecular complexity index is 1470. The van der Waals surface area contributed by atoms with Gasteiger partial charge >= 0.3 is 0 Å². The number of rotatable bonds is 8. The van der Waals surface area contributed by atoms with Crippen molar-refractivity contribution in [3.8, 4) is 11.5 Å². The van der Waals surface area contributed by atoms with E-state index in [1.54, 1.807) is 30.3 Å². The number of amides is 1. The Morgan fingerprint density at radius 2 is 1.53 bits per heavy atom. The molecule has 0 spiro atoms. The molecule has 0 radical (unpaired) electrons. The topological polar surface area (TPSA) is 89.0 Å². The number of aliphatic hydroxyl groups excluding tert-OH is 1. The maximum absolute atomic E-state index is 13.3. The summed E-state index contributed by atoms with van der Waals surface area (Å²) in [5.74, 6) is -0.710. The molecule has 0 saturated carbocycles. The maximum atomic E-state index is 13.3. The molecule has 1 aliphatic rings. The van der Waals surface area contributed by atoms with Crippen LogP contribution in [0.2, 0.25) is 0 Å². The molecule has 1 saturated heterocycles. The minimum absolute atomic E-state index is 0.0112. The molecule has 0 bridgehead atoms. The van der Waals surface area contributed by atoms with Crippen LogP contribution in [0.15, 0.2) is 109 Å². The van der Waals surface area contributed by atoms with E-state index in [9.17, 15) is 14.7 Å². The van der Waals surface area contributed by atoms with Gasteiger partial charge in [-0.3, -0.25) is 14.6 Å². The van der Waals surface area contributed by atoms with Crippen molar-refractivity contribution >= 4 is 17.4 Å². The van der Waals surface area contributed by atoms with E-state index in [4.69, 9.17) is 9.47 Å². The number of Topliss-reactive ketones (excluding diaryl/α,β-unsaturated/α-hetero) is 1. The maximum Gasteiger partial charge on any atom is 0.295 e. The van der Waals surface area contributed by atoms with Gasteiger partial charge in [-0.1, -0.05) is 66.7 Å². The molecule has 1 aliphatic heterocycles. The van der Waals surface area contributed by atoms with Crippen molar-refractivity contribution < 1.29 is 24.2 Å². The zero-order valence-corrected chi connectivity index (χ0v) is 20.8. The van der Waals surface area contributed by atoms with Crippen molar-refractivity contribution in [2.75, 3.05) is 7.11 Å². The van der Waals surface area contributed by atoms with Crippen LogP contribution in [0.1, 0.15) is 28.3 Å². The molecule has 7 nitrogen and oxygen atoms in total. The molecule has 1 fully saturated rings. The Hall–Kier alpha value is -4.91. The minimum Gasteiger partial charge on any atom is -0.507 e. The molecule has 190 valence electrons. The van der Waals surface area contributed by atoms with Crippen LogP contribution in [0.3, 0.4) is 0 Å². The molecule has 0 aliphatic carbocycles. The van der Waals surface area contributed by atoms with E-state index in [-0.39, 0.29) is 17.9 Å². The fourth-order valence-corrected chi connectivity index (χ4v) is 4.54. The molecule has 3 aromatic carbocycles. The average molecular weight is 507 g/mol. The van der Waals surface area contributed by atoms with Crippen molar-refractivity contribution in [2.24, 2.45) is 0 Å². The van der Waals surface area contributed by atoms with Crippen LogP contribution < -0.4 is 9.47 Å². The molecule has 1 aromatic heterocycles. The van der Waals surface area contributed by atoms with Crippen molar-refractivity contribution in [1.82, 2.24) is 9.88 Å². The van der Waals surface area contributed by atoms with Crippen molar-refractivity contribution in [3.63, 3.8) is 0 Å². The van der Waals surface area contributed by atoms with E-state index in [0.717, 1.165) is 11.1 Å². The summed E-state index contributed by atoms with van der Waals surface area (Å²) in [7, 11) is 1.53. The lowest BCUT2D eigenvalue weighted by molar-refractivity contribution is -0.140. The monoisotopic (exact) mass is 506 g/mol. The van der Waals surface area contributed by atoms with Crippen molar-refractivity contribution in [2.45, 2.75) is 19.2 Å². The third kappa shape index (κ3) is 4.99. The van der Waals surface area contributed by atoms with Gasteiger partial charge in [-0.25, -0.2) is 0 Å². The van der Waals surface area contributed by atoms with E-state index in [2.05, 4.69) is 4.98 Å². The Morgan fingerprint density at radius 1 is 0.868 bits per heavy atom. The summed E-state index contributed by atoms with van der Waals surface area (Å²) in [6.07, 6.45) is 3.04. The second-order valence-electron chi connectivity index (χ2n) is 8.83. The molecule has 2 heterocycles. The zero-order valence-electron chi connectivity index (χ0n) is 20.8. The van der Waals surface area contributed by atoms with Gasteiger partial charge in [0.25, 0.3) is 11.7 Å². The largest absolute Gasteiger partial charge is 0.507 e. The lowest BCUT2D eigenvalue weighted by atomic mass is 9.95. The highest BCUT2D eigenvalue weighted by Crippen LogP contribution is 2.42. The second kappa shape index (κ2) is 11.0. The molecule has 38 heavy (non-hydrogen) atoms. The van der Waals surface area contributed by atoms with Crippen LogP contribution in [-0.2, 0) is 22.7 Å². The number of carbonyl (C=O) groups excluding carboxylic acids is 2. The molecular formula is C31H26N2O5. The first-order chi connectivity index (χ1) is 18.6. The Balaban J connectivity index is 1.56. The van der Waals surface area contributed by atoms with E-state index in [0.29, 0.717) is 29.2 Å². The summed E-state index contributed by atoms with van der Waals surface area (Å²) in [5.41, 5.74) is 2.89. The fourth-order valence-electron chi connectivity index (χ4n) is 4.54. The number of likely N-dealkylation sites (tertiary alicyclic amines) is 1. The van der Waals surface area contributed by atoms with E-state index in [1.165, 1.54) is 24.4 Å². The fraction of sp³-hybridized carbons (Fsp3) is 0.129. The van der Waals surface area contributed by atoms with Gasteiger partial charge in [-0.05, 0) is 41.0 Å². The number of nitrogens with zero attached hydrogens (tertiary/aromatic N) is 2. The second-order valence-corrected chi connectivity index (χ2v) is 8.83. The minimum atomic E-state index is -0.833. The smallest absolute Gasteiger partial charge is 0.295 e. The van der Waals surface area contributed by atoms with Crippen molar-refractivity contribution in [3.05, 3.63) is 131 Å². The van der Waals surface area contributed by atoms with Crippen LogP contribution in [-0.4, -0.2) is 33.8 Å². The molecule has 7 heteroatoms. The average Bonchev–Trinajstić information content (AvgIpc) is 3.22. The number of hydrogen-bond donors (Lipinski definition) is 1. The first kappa shape index (κ1) is 24.8. The van der Waals surface area contributed by atoms with Gasteiger partial charge in [-0.15, -0.1) is 0 Å². The third-order valence-electron chi connectivity index (χ3n) is 6.43. The zero-order chi connectivity index (χ0) is 26.5. The molecule has 1 atom stereocenters. The normalized spacial score (nSPS) is 16.4. The number of ether oxygens (including phenoxy) is 2. The predicted molar refractivity (Wildman–Crippen MR) is 142 cm³/mol. The summed E-state index contributed by atoms with van der Waals surface area (Å²) in [5, 5.41) is 11.2. The first-order valence-electron chi connectivity index (χ1n) is 12.1. The molecule has 5 rings (SSSR count). The van der Waals surface area contributed by atoms with Crippen LogP contribution in [0, 0.1) is 0 Å².